The minimum Gasteiger partial charge on any atom is -0.369 e. The van der Waals surface area contributed by atoms with E-state index in [2.05, 4.69) is 4.72 Å². The molecule has 11 heteroatoms. The van der Waals surface area contributed by atoms with Crippen molar-refractivity contribution < 1.29 is 26.4 Å². The molecule has 152 valence electrons. The minimum absolute atomic E-state index is 0.0278. The summed E-state index contributed by atoms with van der Waals surface area (Å²) < 4.78 is 66.0. The Morgan fingerprint density at radius 1 is 1.37 bits per heavy atom. The molecule has 6 nitrogen and oxygen atoms in total. The maximum atomic E-state index is 13.1. The molecule has 0 saturated carbocycles. The highest BCUT2D eigenvalue weighted by atomic mass is 35.5. The molecule has 3 N–H and O–H groups in total. The smallest absolute Gasteiger partial charge is 0.369 e. The van der Waals surface area contributed by atoms with Gasteiger partial charge in [-0.2, -0.15) is 13.2 Å². The van der Waals surface area contributed by atoms with Gasteiger partial charge >= 0.3 is 6.18 Å². The Bertz CT molecular complexity index is 787. The average molecular weight is 428 g/mol. The summed E-state index contributed by atoms with van der Waals surface area (Å²) in [6.45, 7) is 1.77. The van der Waals surface area contributed by atoms with Gasteiger partial charge in [0.15, 0.2) is 0 Å². The first kappa shape index (κ1) is 21.9. The van der Waals surface area contributed by atoms with E-state index in [1.54, 1.807) is 0 Å². The van der Waals surface area contributed by atoms with Crippen molar-refractivity contribution >= 4 is 27.5 Å². The van der Waals surface area contributed by atoms with Crippen LogP contribution in [0.5, 0.6) is 0 Å². The van der Waals surface area contributed by atoms with E-state index in [9.17, 15) is 26.4 Å². The van der Waals surface area contributed by atoms with Crippen molar-refractivity contribution in [3.8, 4) is 0 Å². The molecule has 1 saturated heterocycles. The Morgan fingerprint density at radius 3 is 2.70 bits per heavy atom. The molecule has 0 radical (unpaired) electrons. The van der Waals surface area contributed by atoms with E-state index in [1.165, 1.54) is 0 Å². The van der Waals surface area contributed by atoms with Gasteiger partial charge in [-0.1, -0.05) is 11.6 Å². The lowest BCUT2D eigenvalue weighted by Gasteiger charge is -2.31. The molecule has 1 amide bonds. The lowest BCUT2D eigenvalue weighted by molar-refractivity contribution is -0.139. The number of likely N-dealkylation sites (tertiary alicyclic amines) is 1. The zero-order chi connectivity index (χ0) is 20.2. The predicted molar refractivity (Wildman–Crippen MR) is 94.6 cm³/mol. The average Bonchev–Trinajstić information content (AvgIpc) is 2.58. The number of hydrogen-bond acceptors (Lipinski definition) is 4. The number of alkyl halides is 3. The highest BCUT2D eigenvalue weighted by Gasteiger charge is 2.37. The summed E-state index contributed by atoms with van der Waals surface area (Å²) in [5.74, 6) is -0.582. The molecule has 0 spiro atoms. The number of halogens is 4. The third-order valence-electron chi connectivity index (χ3n) is 4.39. The molecule has 1 atom stereocenters. The molecular formula is C16H21ClF3N3O3S. The summed E-state index contributed by atoms with van der Waals surface area (Å²) in [7, 11) is -4.34. The molecule has 1 aromatic carbocycles. The fraction of sp³-hybridized carbons (Fsp3) is 0.562. The number of benzene rings is 1. The van der Waals surface area contributed by atoms with Crippen molar-refractivity contribution in [1.82, 2.24) is 9.62 Å². The predicted octanol–water partition coefficient (Wildman–Crippen LogP) is 2.22. The van der Waals surface area contributed by atoms with E-state index < -0.39 is 26.7 Å². The van der Waals surface area contributed by atoms with Crippen molar-refractivity contribution in [3.63, 3.8) is 0 Å². The monoisotopic (exact) mass is 427 g/mol. The Kier molecular flexibility index (Phi) is 7.12. The number of piperidine rings is 1. The van der Waals surface area contributed by atoms with Gasteiger partial charge < -0.3 is 10.6 Å². The number of carbonyl (C=O) groups is 1. The molecule has 1 aliphatic heterocycles. The number of nitrogens with two attached hydrogens (primary N) is 1. The number of carbonyl (C=O) groups excluding carboxylic acids is 1. The number of amides is 1. The molecular weight excluding hydrogens is 407 g/mol. The first-order valence-electron chi connectivity index (χ1n) is 8.39. The molecule has 0 aromatic heterocycles. The second-order valence-electron chi connectivity index (χ2n) is 6.43. The Labute approximate surface area is 160 Å². The minimum atomic E-state index is -4.84. The van der Waals surface area contributed by atoms with Gasteiger partial charge in [-0.15, -0.1) is 0 Å². The molecule has 2 rings (SSSR count). The summed E-state index contributed by atoms with van der Waals surface area (Å²) in [6, 6.07) is 2.53. The first-order chi connectivity index (χ1) is 12.5. The number of sulfonamides is 1. The number of nitrogens with zero attached hydrogens (tertiary/aromatic N) is 1. The second kappa shape index (κ2) is 8.76. The van der Waals surface area contributed by atoms with Crippen molar-refractivity contribution in [1.29, 1.82) is 0 Å². The summed E-state index contributed by atoms with van der Waals surface area (Å²) in [4.78, 5) is 12.4. The third kappa shape index (κ3) is 6.06. The highest BCUT2D eigenvalue weighted by molar-refractivity contribution is 7.89. The van der Waals surface area contributed by atoms with E-state index in [0.717, 1.165) is 31.5 Å². The van der Waals surface area contributed by atoms with Crippen LogP contribution >= 0.6 is 11.6 Å². The lowest BCUT2D eigenvalue weighted by Crippen LogP contribution is -2.42. The highest BCUT2D eigenvalue weighted by Crippen LogP contribution is 2.35. The van der Waals surface area contributed by atoms with E-state index in [4.69, 9.17) is 17.3 Å². The molecule has 0 aliphatic carbocycles. The third-order valence-corrected chi connectivity index (χ3v) is 6.14. The summed E-state index contributed by atoms with van der Waals surface area (Å²) in [5.41, 5.74) is 4.00. The van der Waals surface area contributed by atoms with Crippen molar-refractivity contribution in [2.45, 2.75) is 30.3 Å². The maximum absolute atomic E-state index is 13.1. The Balaban J connectivity index is 1.95. The van der Waals surface area contributed by atoms with Crippen LogP contribution in [-0.2, 0) is 21.0 Å². The Hall–Kier alpha value is -1.36. The second-order valence-corrected chi connectivity index (χ2v) is 8.60. The van der Waals surface area contributed by atoms with E-state index in [1.807, 2.05) is 4.90 Å². The van der Waals surface area contributed by atoms with Gasteiger partial charge in [-0.25, -0.2) is 13.1 Å². The number of primary amides is 1. The quantitative estimate of drug-likeness (QED) is 0.652. The molecule has 1 fully saturated rings. The molecule has 1 aliphatic rings. The van der Waals surface area contributed by atoms with Crippen LogP contribution in [0.15, 0.2) is 23.1 Å². The van der Waals surface area contributed by atoms with Gasteiger partial charge in [0.25, 0.3) is 0 Å². The Morgan fingerprint density at radius 2 is 2.07 bits per heavy atom. The van der Waals surface area contributed by atoms with Crippen LogP contribution in [0.1, 0.15) is 24.8 Å². The topological polar surface area (TPSA) is 92.5 Å². The van der Waals surface area contributed by atoms with Crippen molar-refractivity contribution in [3.05, 3.63) is 28.8 Å². The standard InChI is InChI=1S/C16H21ClF3N3O3S/c17-12-4-5-14(13(9-12)16(18,19)20)27(25,26)22-6-2-8-23-7-1-3-11(10-23)15(21)24/h4-5,9,11,22H,1-3,6-8,10H2,(H2,21,24). The molecule has 1 aromatic rings. The zero-order valence-electron chi connectivity index (χ0n) is 14.4. The van der Waals surface area contributed by atoms with E-state index in [-0.39, 0.29) is 23.4 Å². The van der Waals surface area contributed by atoms with Crippen LogP contribution in [0, 0.1) is 5.92 Å². The van der Waals surface area contributed by atoms with Crippen LogP contribution < -0.4 is 10.5 Å². The van der Waals surface area contributed by atoms with Crippen LogP contribution in [0.3, 0.4) is 0 Å². The van der Waals surface area contributed by atoms with Crippen molar-refractivity contribution in [2.75, 3.05) is 26.2 Å². The largest absolute Gasteiger partial charge is 0.417 e. The van der Waals surface area contributed by atoms with Gasteiger partial charge in [-0.05, 0) is 50.6 Å². The fourth-order valence-electron chi connectivity index (χ4n) is 3.04. The van der Waals surface area contributed by atoms with E-state index >= 15 is 0 Å². The molecule has 1 unspecified atom stereocenters. The van der Waals surface area contributed by atoms with Gasteiger partial charge in [0.2, 0.25) is 15.9 Å². The van der Waals surface area contributed by atoms with Crippen LogP contribution in [-0.4, -0.2) is 45.4 Å². The number of nitrogens with one attached hydrogen (secondary N) is 1. The summed E-state index contributed by atoms with van der Waals surface area (Å²) in [6.07, 6.45) is -2.90. The normalized spacial score (nSPS) is 19.2. The number of rotatable bonds is 7. The molecule has 1 heterocycles. The SMILES string of the molecule is NC(=O)C1CCCN(CCCNS(=O)(=O)c2ccc(Cl)cc2C(F)(F)F)C1. The maximum Gasteiger partial charge on any atom is 0.417 e. The van der Waals surface area contributed by atoms with E-state index in [0.29, 0.717) is 25.6 Å². The lowest BCUT2D eigenvalue weighted by atomic mass is 9.97. The van der Waals surface area contributed by atoms with Crippen LogP contribution in [0.25, 0.3) is 0 Å². The summed E-state index contributed by atoms with van der Waals surface area (Å²) >= 11 is 5.57. The summed E-state index contributed by atoms with van der Waals surface area (Å²) in [5, 5.41) is -0.199. The fourth-order valence-corrected chi connectivity index (χ4v) is 4.49. The number of hydrogen-bond donors (Lipinski definition) is 2. The van der Waals surface area contributed by atoms with Gasteiger partial charge in [0.05, 0.1) is 16.4 Å². The molecule has 27 heavy (non-hydrogen) atoms. The molecule has 0 bridgehead atoms. The van der Waals surface area contributed by atoms with Gasteiger partial charge in [0.1, 0.15) is 0 Å². The van der Waals surface area contributed by atoms with Gasteiger partial charge in [-0.3, -0.25) is 4.79 Å². The van der Waals surface area contributed by atoms with Crippen molar-refractivity contribution in [2.24, 2.45) is 11.7 Å². The zero-order valence-corrected chi connectivity index (χ0v) is 16.0. The van der Waals surface area contributed by atoms with Crippen LogP contribution in [0.2, 0.25) is 5.02 Å². The van der Waals surface area contributed by atoms with Crippen LogP contribution in [0.4, 0.5) is 13.2 Å². The first-order valence-corrected chi connectivity index (χ1v) is 10.2. The van der Waals surface area contributed by atoms with Gasteiger partial charge in [0, 0.05) is 18.1 Å².